The molecule has 0 radical (unpaired) electrons. The number of carbonyl (C=O) groups excluding carboxylic acids is 1. The number of methoxy groups -OCH3 is 2. The Balaban J connectivity index is 0.000000272. The second-order valence-electron chi connectivity index (χ2n) is 4.65. The van der Waals surface area contributed by atoms with Crippen molar-refractivity contribution < 1.29 is 28.8 Å². The quantitative estimate of drug-likeness (QED) is 0.789. The first kappa shape index (κ1) is 19.5. The zero-order valence-corrected chi connectivity index (χ0v) is 12.7. The molecule has 2 heterocycles. The van der Waals surface area contributed by atoms with Crippen LogP contribution in [0.15, 0.2) is 0 Å². The van der Waals surface area contributed by atoms with Gasteiger partial charge in [0.25, 0.3) is 0 Å². The third kappa shape index (κ3) is 10.3. The minimum absolute atomic E-state index is 0.0382. The molecule has 20 heavy (non-hydrogen) atoms. The van der Waals surface area contributed by atoms with Crippen molar-refractivity contribution in [2.45, 2.75) is 45.2 Å². The van der Waals surface area contributed by atoms with Gasteiger partial charge in [-0.1, -0.05) is 6.92 Å². The molecule has 6 nitrogen and oxygen atoms in total. The van der Waals surface area contributed by atoms with E-state index in [0.29, 0.717) is 0 Å². The van der Waals surface area contributed by atoms with E-state index in [1.165, 1.54) is 0 Å². The molecular weight excluding hydrogens is 264 g/mol. The summed E-state index contributed by atoms with van der Waals surface area (Å²) < 4.78 is 19.9. The zero-order chi connectivity index (χ0) is 15.2. The molecule has 0 spiro atoms. The van der Waals surface area contributed by atoms with Crippen molar-refractivity contribution in [1.82, 2.24) is 0 Å². The van der Waals surface area contributed by atoms with Crippen molar-refractivity contribution in [2.75, 3.05) is 34.0 Å². The Hall–Kier alpha value is -0.530. The lowest BCUT2D eigenvalue weighted by Gasteiger charge is -2.03. The maximum absolute atomic E-state index is 9.58. The van der Waals surface area contributed by atoms with Gasteiger partial charge in [0.15, 0.2) is 12.6 Å². The smallest absolute Gasteiger partial charge is 0.157 e. The first-order valence-corrected chi connectivity index (χ1v) is 7.02. The van der Waals surface area contributed by atoms with E-state index < -0.39 is 0 Å². The second kappa shape index (κ2) is 13.5. The lowest BCUT2D eigenvalue weighted by molar-refractivity contribution is -0.111. The molecule has 0 bridgehead atoms. The largest absolute Gasteiger partial charge is 0.396 e. The van der Waals surface area contributed by atoms with Crippen molar-refractivity contribution in [2.24, 2.45) is 5.92 Å². The predicted molar refractivity (Wildman–Crippen MR) is 74.3 cm³/mol. The highest BCUT2D eigenvalue weighted by Gasteiger charge is 2.13. The van der Waals surface area contributed by atoms with Crippen LogP contribution >= 0.6 is 0 Å². The van der Waals surface area contributed by atoms with Gasteiger partial charge in [-0.05, 0) is 12.8 Å². The first-order valence-electron chi connectivity index (χ1n) is 7.02. The van der Waals surface area contributed by atoms with Gasteiger partial charge in [-0.3, -0.25) is 0 Å². The molecule has 1 N–H and O–H groups in total. The Bertz CT molecular complexity index is 196. The average Bonchev–Trinajstić information content (AvgIpc) is 3.19. The van der Waals surface area contributed by atoms with Crippen molar-refractivity contribution in [3.8, 4) is 0 Å². The molecule has 6 heteroatoms. The number of rotatable bonds is 4. The van der Waals surface area contributed by atoms with Gasteiger partial charge in [0.1, 0.15) is 6.29 Å². The molecule has 2 aliphatic rings. The Morgan fingerprint density at radius 2 is 1.60 bits per heavy atom. The first-order chi connectivity index (χ1) is 9.67. The second-order valence-corrected chi connectivity index (χ2v) is 4.65. The fourth-order valence-corrected chi connectivity index (χ4v) is 1.51. The molecule has 0 aliphatic carbocycles. The normalized spacial score (nSPS) is 26.0. The van der Waals surface area contributed by atoms with Crippen LogP contribution in [0.1, 0.15) is 32.6 Å². The van der Waals surface area contributed by atoms with E-state index in [-0.39, 0.29) is 25.1 Å². The third-order valence-corrected chi connectivity index (χ3v) is 2.82. The number of ether oxygens (including phenoxy) is 4. The van der Waals surface area contributed by atoms with E-state index in [9.17, 15) is 4.79 Å². The van der Waals surface area contributed by atoms with E-state index in [0.717, 1.165) is 45.2 Å². The van der Waals surface area contributed by atoms with Crippen LogP contribution in [0.25, 0.3) is 0 Å². The summed E-state index contributed by atoms with van der Waals surface area (Å²) in [5.74, 6) is -0.190. The molecule has 120 valence electrons. The number of hydrogen-bond donors (Lipinski definition) is 1. The van der Waals surface area contributed by atoms with E-state index in [4.69, 9.17) is 24.1 Å². The summed E-state index contributed by atoms with van der Waals surface area (Å²) in [5.41, 5.74) is 0. The minimum atomic E-state index is -0.190. The maximum atomic E-state index is 9.58. The Morgan fingerprint density at radius 3 is 1.70 bits per heavy atom. The Kier molecular flexibility index (Phi) is 13.1. The van der Waals surface area contributed by atoms with Gasteiger partial charge in [0.05, 0.1) is 6.61 Å². The van der Waals surface area contributed by atoms with Crippen LogP contribution in [0.5, 0.6) is 0 Å². The summed E-state index contributed by atoms with van der Waals surface area (Å²) in [6.07, 6.45) is 5.35. The van der Waals surface area contributed by atoms with E-state index in [1.807, 2.05) is 0 Å². The number of aliphatic hydroxyl groups excluding tert-OH is 1. The molecule has 3 atom stereocenters. The average molecular weight is 292 g/mol. The van der Waals surface area contributed by atoms with Crippen LogP contribution in [0.3, 0.4) is 0 Å². The fraction of sp³-hybridized carbons (Fsp3) is 0.929. The van der Waals surface area contributed by atoms with Gasteiger partial charge < -0.3 is 28.8 Å². The topological polar surface area (TPSA) is 74.2 Å². The minimum Gasteiger partial charge on any atom is -0.396 e. The van der Waals surface area contributed by atoms with Crippen LogP contribution in [-0.2, 0) is 23.7 Å². The Morgan fingerprint density at radius 1 is 1.15 bits per heavy atom. The van der Waals surface area contributed by atoms with Gasteiger partial charge in [0, 0.05) is 46.2 Å². The molecule has 2 rings (SSSR count). The van der Waals surface area contributed by atoms with Crippen LogP contribution in [0.4, 0.5) is 0 Å². The van der Waals surface area contributed by atoms with Crippen LogP contribution in [0, 0.1) is 5.92 Å². The number of hydrogen-bond acceptors (Lipinski definition) is 6. The molecule has 0 aromatic rings. The Labute approximate surface area is 121 Å². The molecule has 0 saturated carbocycles. The van der Waals surface area contributed by atoms with Crippen molar-refractivity contribution >= 4 is 6.29 Å². The number of aliphatic hydroxyl groups is 1. The number of carbonyl (C=O) groups is 1. The fourth-order valence-electron chi connectivity index (χ4n) is 1.51. The van der Waals surface area contributed by atoms with Gasteiger partial charge in [-0.2, -0.15) is 0 Å². The van der Waals surface area contributed by atoms with Crippen molar-refractivity contribution in [1.29, 1.82) is 0 Å². The van der Waals surface area contributed by atoms with Gasteiger partial charge in [-0.25, -0.2) is 0 Å². The highest BCUT2D eigenvalue weighted by molar-refractivity contribution is 5.52. The number of aldehydes is 1. The SMILES string of the molecule is CC(C=O)CO.COC1CCCO1.COC1CCCO1. The van der Waals surface area contributed by atoms with Gasteiger partial charge >= 0.3 is 0 Å². The molecule has 2 aliphatic heterocycles. The van der Waals surface area contributed by atoms with E-state index in [2.05, 4.69) is 0 Å². The molecule has 0 aromatic carbocycles. The maximum Gasteiger partial charge on any atom is 0.157 e. The molecule has 2 fully saturated rings. The summed E-state index contributed by atoms with van der Waals surface area (Å²) in [5, 5.41) is 8.10. The molecule has 3 unspecified atom stereocenters. The van der Waals surface area contributed by atoms with Gasteiger partial charge in [-0.15, -0.1) is 0 Å². The van der Waals surface area contributed by atoms with Crippen LogP contribution in [-0.4, -0.2) is 58.0 Å². The van der Waals surface area contributed by atoms with Gasteiger partial charge in [0.2, 0.25) is 0 Å². The molecular formula is C14H28O6. The highest BCUT2D eigenvalue weighted by atomic mass is 16.7. The van der Waals surface area contributed by atoms with Crippen LogP contribution < -0.4 is 0 Å². The monoisotopic (exact) mass is 292 g/mol. The molecule has 2 saturated heterocycles. The third-order valence-electron chi connectivity index (χ3n) is 2.82. The van der Waals surface area contributed by atoms with Crippen molar-refractivity contribution in [3.63, 3.8) is 0 Å². The van der Waals surface area contributed by atoms with Crippen LogP contribution in [0.2, 0.25) is 0 Å². The summed E-state index contributed by atoms with van der Waals surface area (Å²) >= 11 is 0. The molecule has 0 aromatic heterocycles. The predicted octanol–water partition coefficient (Wildman–Crippen LogP) is 1.35. The van der Waals surface area contributed by atoms with Crippen molar-refractivity contribution in [3.05, 3.63) is 0 Å². The van der Waals surface area contributed by atoms with E-state index in [1.54, 1.807) is 21.1 Å². The lowest BCUT2D eigenvalue weighted by atomic mass is 10.2. The summed E-state index contributed by atoms with van der Waals surface area (Å²) in [7, 11) is 3.35. The summed E-state index contributed by atoms with van der Waals surface area (Å²) in [6, 6.07) is 0. The zero-order valence-electron chi connectivity index (χ0n) is 12.7. The molecule has 0 amide bonds. The van der Waals surface area contributed by atoms with E-state index >= 15 is 0 Å². The lowest BCUT2D eigenvalue weighted by Crippen LogP contribution is -2.05. The summed E-state index contributed by atoms with van der Waals surface area (Å²) in [4.78, 5) is 9.58. The standard InChI is InChI=1S/2C5H10O2.C4H8O2/c2*1-6-5-3-2-4-7-5;1-4(2-5)3-6/h2*5H,2-4H2,1H3;2,4,6H,3H2,1H3. The highest BCUT2D eigenvalue weighted by Crippen LogP contribution is 2.11. The summed E-state index contributed by atoms with van der Waals surface area (Å²) in [6.45, 7) is 3.37.